The number of anilines is 1. The number of ether oxygens (including phenoxy) is 2. The maximum atomic E-state index is 12.6. The van der Waals surface area contributed by atoms with Crippen molar-refractivity contribution in [2.75, 3.05) is 46.7 Å². The number of benzene rings is 2. The van der Waals surface area contributed by atoms with E-state index in [4.69, 9.17) is 9.47 Å². The van der Waals surface area contributed by atoms with Gasteiger partial charge in [0, 0.05) is 19.3 Å². The average molecular weight is 415 g/mol. The smallest absolute Gasteiger partial charge is 0.279 e. The molecule has 0 aliphatic carbocycles. The van der Waals surface area contributed by atoms with Crippen molar-refractivity contribution >= 4 is 17.5 Å². The van der Waals surface area contributed by atoms with Crippen LogP contribution in [0, 0.1) is 13.8 Å². The first-order chi connectivity index (χ1) is 14.2. The zero-order valence-electron chi connectivity index (χ0n) is 18.7. The third kappa shape index (κ3) is 6.22. The summed E-state index contributed by atoms with van der Waals surface area (Å²) in [5, 5.41) is 2.96. The number of carbonyl (C=O) groups is 2. The van der Waals surface area contributed by atoms with Gasteiger partial charge >= 0.3 is 0 Å². The summed E-state index contributed by atoms with van der Waals surface area (Å²) in [6.07, 6.45) is 0. The summed E-state index contributed by atoms with van der Waals surface area (Å²) in [5.41, 5.74) is 3.82. The van der Waals surface area contributed by atoms with Crippen LogP contribution < -0.4 is 19.7 Å². The molecule has 1 unspecified atom stereocenters. The van der Waals surface area contributed by atoms with Crippen LogP contribution in [0.3, 0.4) is 0 Å². The summed E-state index contributed by atoms with van der Waals surface area (Å²) >= 11 is 0. The molecule has 0 bridgehead atoms. The number of quaternary nitrogens is 1. The first-order valence-corrected chi connectivity index (χ1v) is 9.87. The van der Waals surface area contributed by atoms with Gasteiger partial charge in [-0.05, 0) is 42.7 Å². The second kappa shape index (κ2) is 10.6. The van der Waals surface area contributed by atoms with Crippen molar-refractivity contribution in [3.05, 3.63) is 53.1 Å². The van der Waals surface area contributed by atoms with Crippen LogP contribution in [0.1, 0.15) is 16.7 Å². The molecule has 2 rings (SSSR count). The zero-order chi connectivity index (χ0) is 22.3. The van der Waals surface area contributed by atoms with Gasteiger partial charge in [0.25, 0.3) is 11.8 Å². The summed E-state index contributed by atoms with van der Waals surface area (Å²) < 4.78 is 10.6. The van der Waals surface area contributed by atoms with E-state index in [2.05, 4.69) is 5.32 Å². The number of hydrogen-bond acceptors (Lipinski definition) is 4. The van der Waals surface area contributed by atoms with E-state index < -0.39 is 0 Å². The van der Waals surface area contributed by atoms with Crippen molar-refractivity contribution in [2.24, 2.45) is 0 Å². The molecule has 0 heterocycles. The minimum absolute atomic E-state index is 0.0397. The van der Waals surface area contributed by atoms with Gasteiger partial charge in [-0.15, -0.1) is 0 Å². The van der Waals surface area contributed by atoms with E-state index in [1.54, 1.807) is 26.2 Å². The summed E-state index contributed by atoms with van der Waals surface area (Å²) in [4.78, 5) is 27.5. The van der Waals surface area contributed by atoms with Crippen molar-refractivity contribution in [2.45, 2.75) is 20.4 Å². The SMILES string of the molecule is COc1ccc(CN(C)C(=O)C[NH+](C)CC(=O)Nc2c(C)cccc2C)cc1OC. The van der Waals surface area contributed by atoms with Gasteiger partial charge in [0.15, 0.2) is 24.6 Å². The molecule has 0 radical (unpaired) electrons. The fraction of sp³-hybridized carbons (Fsp3) is 0.391. The van der Waals surface area contributed by atoms with Gasteiger partial charge in [0.1, 0.15) is 0 Å². The molecule has 7 heteroatoms. The van der Waals surface area contributed by atoms with Crippen LogP contribution in [0.2, 0.25) is 0 Å². The lowest BCUT2D eigenvalue weighted by Crippen LogP contribution is -3.11. The molecule has 0 saturated carbocycles. The van der Waals surface area contributed by atoms with Crippen LogP contribution in [0.25, 0.3) is 0 Å². The Hall–Kier alpha value is -3.06. The van der Waals surface area contributed by atoms with Gasteiger partial charge in [0.05, 0.1) is 21.3 Å². The maximum Gasteiger partial charge on any atom is 0.279 e. The van der Waals surface area contributed by atoms with Crippen LogP contribution in [-0.4, -0.2) is 58.1 Å². The van der Waals surface area contributed by atoms with Crippen LogP contribution in [0.5, 0.6) is 11.5 Å². The minimum atomic E-state index is -0.111. The van der Waals surface area contributed by atoms with E-state index in [0.717, 1.165) is 27.3 Å². The molecule has 162 valence electrons. The number of methoxy groups -OCH3 is 2. The number of hydrogen-bond donors (Lipinski definition) is 2. The highest BCUT2D eigenvalue weighted by molar-refractivity contribution is 5.93. The highest BCUT2D eigenvalue weighted by Gasteiger charge is 2.19. The van der Waals surface area contributed by atoms with Crippen molar-refractivity contribution in [3.8, 4) is 11.5 Å². The van der Waals surface area contributed by atoms with E-state index in [-0.39, 0.29) is 24.9 Å². The molecule has 1 atom stereocenters. The Morgan fingerprint density at radius 3 is 2.23 bits per heavy atom. The number of likely N-dealkylation sites (N-methyl/N-ethyl adjacent to an activating group) is 2. The molecule has 0 saturated heterocycles. The van der Waals surface area contributed by atoms with Crippen molar-refractivity contribution in [3.63, 3.8) is 0 Å². The van der Waals surface area contributed by atoms with Crippen LogP contribution in [0.4, 0.5) is 5.69 Å². The Balaban J connectivity index is 1.89. The molecule has 7 nitrogen and oxygen atoms in total. The second-order valence-electron chi connectivity index (χ2n) is 7.56. The molecule has 2 N–H and O–H groups in total. The van der Waals surface area contributed by atoms with Gasteiger partial charge in [-0.1, -0.05) is 24.3 Å². The number of nitrogens with zero attached hydrogens (tertiary/aromatic N) is 1. The van der Waals surface area contributed by atoms with Crippen molar-refractivity contribution in [1.29, 1.82) is 0 Å². The fourth-order valence-corrected chi connectivity index (χ4v) is 3.27. The molecule has 0 aliphatic heterocycles. The lowest BCUT2D eigenvalue weighted by molar-refractivity contribution is -0.862. The standard InChI is InChI=1S/C23H31N3O4/c1-16-8-7-9-17(2)23(16)24-21(27)14-25(3)15-22(28)26(4)13-18-10-11-19(29-5)20(12-18)30-6/h7-12H,13-15H2,1-6H3,(H,24,27)/p+1. The van der Waals surface area contributed by atoms with Gasteiger partial charge < -0.3 is 24.6 Å². The quantitative estimate of drug-likeness (QED) is 0.651. The average Bonchev–Trinajstić information content (AvgIpc) is 2.70. The molecular formula is C23H32N3O4+. The Bertz CT molecular complexity index is 878. The Morgan fingerprint density at radius 1 is 1.00 bits per heavy atom. The topological polar surface area (TPSA) is 72.3 Å². The van der Waals surface area contributed by atoms with Gasteiger partial charge in [-0.3, -0.25) is 9.59 Å². The molecule has 2 aromatic rings. The van der Waals surface area contributed by atoms with E-state index in [0.29, 0.717) is 18.0 Å². The summed E-state index contributed by atoms with van der Waals surface area (Å²) in [6, 6.07) is 11.5. The Labute approximate surface area is 178 Å². The van der Waals surface area contributed by atoms with Crippen molar-refractivity contribution < 1.29 is 24.0 Å². The summed E-state index contributed by atoms with van der Waals surface area (Å²) in [7, 11) is 6.76. The molecule has 2 aromatic carbocycles. The van der Waals surface area contributed by atoms with Gasteiger partial charge in [-0.25, -0.2) is 0 Å². The van der Waals surface area contributed by atoms with Gasteiger partial charge in [0.2, 0.25) is 0 Å². The van der Waals surface area contributed by atoms with E-state index in [1.165, 1.54) is 0 Å². The number of carbonyl (C=O) groups excluding carboxylic acids is 2. The Morgan fingerprint density at radius 2 is 1.63 bits per heavy atom. The monoisotopic (exact) mass is 414 g/mol. The van der Waals surface area contributed by atoms with Gasteiger partial charge in [-0.2, -0.15) is 0 Å². The highest BCUT2D eigenvalue weighted by Crippen LogP contribution is 2.27. The lowest BCUT2D eigenvalue weighted by atomic mass is 10.1. The van der Waals surface area contributed by atoms with E-state index in [1.807, 2.05) is 57.3 Å². The largest absolute Gasteiger partial charge is 0.493 e. The predicted octanol–water partition coefficient (Wildman–Crippen LogP) is 1.43. The lowest BCUT2D eigenvalue weighted by Gasteiger charge is -2.21. The fourth-order valence-electron chi connectivity index (χ4n) is 3.27. The summed E-state index contributed by atoms with van der Waals surface area (Å²) in [5.74, 6) is 1.12. The second-order valence-corrected chi connectivity index (χ2v) is 7.56. The molecule has 30 heavy (non-hydrogen) atoms. The maximum absolute atomic E-state index is 12.6. The van der Waals surface area contributed by atoms with Crippen LogP contribution in [-0.2, 0) is 16.1 Å². The molecule has 0 fully saturated rings. The summed E-state index contributed by atoms with van der Waals surface area (Å²) in [6.45, 7) is 4.81. The number of aryl methyl sites for hydroxylation is 2. The van der Waals surface area contributed by atoms with E-state index in [9.17, 15) is 9.59 Å². The third-order valence-corrected chi connectivity index (χ3v) is 4.95. The first-order valence-electron chi connectivity index (χ1n) is 9.87. The number of para-hydroxylation sites is 1. The molecule has 0 aliphatic rings. The molecular weight excluding hydrogens is 382 g/mol. The third-order valence-electron chi connectivity index (χ3n) is 4.95. The first kappa shape index (κ1) is 23.2. The van der Waals surface area contributed by atoms with Crippen LogP contribution >= 0.6 is 0 Å². The minimum Gasteiger partial charge on any atom is -0.493 e. The molecule has 0 spiro atoms. The van der Waals surface area contributed by atoms with Crippen LogP contribution in [0.15, 0.2) is 36.4 Å². The van der Waals surface area contributed by atoms with Crippen molar-refractivity contribution in [1.82, 2.24) is 4.90 Å². The zero-order valence-corrected chi connectivity index (χ0v) is 18.7. The predicted molar refractivity (Wildman–Crippen MR) is 117 cm³/mol. The molecule has 0 aromatic heterocycles. The molecule has 2 amide bonds. The number of rotatable bonds is 9. The Kier molecular flexibility index (Phi) is 8.24. The number of amides is 2. The van der Waals surface area contributed by atoms with E-state index >= 15 is 0 Å². The number of nitrogens with one attached hydrogen (secondary N) is 2. The highest BCUT2D eigenvalue weighted by atomic mass is 16.5. The normalized spacial score (nSPS) is 11.5.